The van der Waals surface area contributed by atoms with Gasteiger partial charge in [-0.15, -0.1) is 0 Å². The normalized spacial score (nSPS) is 21.9. The monoisotopic (exact) mass is 302 g/mol. The fourth-order valence-electron chi connectivity index (χ4n) is 1.98. The molecule has 0 aliphatic carbocycles. The Morgan fingerprint density at radius 1 is 0.842 bits per heavy atom. The van der Waals surface area contributed by atoms with Gasteiger partial charge in [-0.25, -0.2) is 0 Å². The van der Waals surface area contributed by atoms with E-state index in [-0.39, 0.29) is 0 Å². The van der Waals surface area contributed by atoms with Crippen molar-refractivity contribution in [1.29, 1.82) is 0 Å². The van der Waals surface area contributed by atoms with Gasteiger partial charge in [-0.2, -0.15) is 0 Å². The van der Waals surface area contributed by atoms with Gasteiger partial charge in [0.1, 0.15) is 4.90 Å². The Balaban J connectivity index is 2.21. The number of rotatable bonds is 2. The van der Waals surface area contributed by atoms with Crippen LogP contribution in [0.25, 0.3) is 0 Å². The van der Waals surface area contributed by atoms with Gasteiger partial charge in [-0.1, -0.05) is 19.4 Å². The largest absolute Gasteiger partial charge is 0.369 e. The Morgan fingerprint density at radius 3 is 1.74 bits per heavy atom. The summed E-state index contributed by atoms with van der Waals surface area (Å²) in [5, 5.41) is 0. The van der Waals surface area contributed by atoms with Crippen LogP contribution < -0.4 is 4.90 Å². The van der Waals surface area contributed by atoms with Crippen molar-refractivity contribution in [3.05, 3.63) is 24.3 Å². The molecule has 0 saturated carbocycles. The molecule has 0 radical (unpaired) electrons. The first-order chi connectivity index (χ1) is 8.45. The third-order valence-corrected chi connectivity index (χ3v) is 4.31. The Bertz CT molecular complexity index is 461. The number of piperazine rings is 1. The maximum Gasteiger partial charge on any atom is 0.310 e. The zero-order valence-electron chi connectivity index (χ0n) is 10.3. The van der Waals surface area contributed by atoms with Crippen LogP contribution in [0, 0.1) is 0 Å². The van der Waals surface area contributed by atoms with Gasteiger partial charge in [0.05, 0.1) is 0 Å². The molecule has 19 heavy (non-hydrogen) atoms. The van der Waals surface area contributed by atoms with Crippen LogP contribution in [0.1, 0.15) is 0 Å². The van der Waals surface area contributed by atoms with Crippen LogP contribution in [-0.2, 0) is 0 Å². The van der Waals surface area contributed by atoms with Crippen LogP contribution >= 0.6 is 10.2 Å². The van der Waals surface area contributed by atoms with Crippen molar-refractivity contribution in [2.24, 2.45) is 0 Å². The Morgan fingerprint density at radius 2 is 1.32 bits per heavy atom. The molecule has 1 aromatic rings. The van der Waals surface area contributed by atoms with Crippen molar-refractivity contribution in [3.8, 4) is 0 Å². The zero-order chi connectivity index (χ0) is 14.4. The summed E-state index contributed by atoms with van der Waals surface area (Å²) in [6, 6.07) is 3.15. The van der Waals surface area contributed by atoms with Crippen molar-refractivity contribution < 1.29 is 19.4 Å². The number of likely N-dealkylation sites (N-methyl/N-ethyl adjacent to an activating group) is 1. The minimum atomic E-state index is -9.55. The molecule has 0 atom stereocenters. The lowest BCUT2D eigenvalue weighted by atomic mass is 10.2. The summed E-state index contributed by atoms with van der Waals surface area (Å²) in [5.74, 6) is 0. The van der Waals surface area contributed by atoms with Gasteiger partial charge in [-0.05, 0) is 31.3 Å². The van der Waals surface area contributed by atoms with E-state index >= 15 is 0 Å². The second-order valence-electron chi connectivity index (χ2n) is 4.75. The average molecular weight is 302 g/mol. The summed E-state index contributed by atoms with van der Waals surface area (Å²) in [6.45, 7) is 2.94. The number of halogens is 5. The fraction of sp³-hybridized carbons (Fsp3) is 0.455. The first kappa shape index (κ1) is 14.4. The lowest BCUT2D eigenvalue weighted by Gasteiger charge is -2.41. The van der Waals surface area contributed by atoms with E-state index in [2.05, 4.69) is 4.90 Å². The van der Waals surface area contributed by atoms with Gasteiger partial charge in [0, 0.05) is 31.9 Å². The first-order valence-electron chi connectivity index (χ1n) is 5.73. The maximum absolute atomic E-state index is 12.6. The number of hydrogen-bond acceptors (Lipinski definition) is 2. The number of anilines is 1. The van der Waals surface area contributed by atoms with Crippen LogP contribution in [0.3, 0.4) is 0 Å². The van der Waals surface area contributed by atoms with E-state index in [0.717, 1.165) is 25.2 Å². The highest BCUT2D eigenvalue weighted by molar-refractivity contribution is 8.45. The fourth-order valence-corrected chi connectivity index (χ4v) is 2.63. The third kappa shape index (κ3) is 3.50. The predicted octanol–water partition coefficient (Wildman–Crippen LogP) is 4.10. The van der Waals surface area contributed by atoms with Gasteiger partial charge in [-0.3, -0.25) is 0 Å². The minimum Gasteiger partial charge on any atom is -0.369 e. The summed E-state index contributed by atoms with van der Waals surface area (Å²) in [5.41, 5.74) is 0.540. The molecule has 1 fully saturated rings. The van der Waals surface area contributed by atoms with Gasteiger partial charge in [0.25, 0.3) is 0 Å². The molecule has 110 valence electrons. The molecule has 1 aliphatic heterocycles. The molecule has 1 saturated heterocycles. The number of hydrogen-bond donors (Lipinski definition) is 0. The highest BCUT2D eigenvalue weighted by Gasteiger charge is 2.65. The maximum atomic E-state index is 12.6. The zero-order valence-corrected chi connectivity index (χ0v) is 11.1. The summed E-state index contributed by atoms with van der Waals surface area (Å²) in [6.07, 6.45) is 0. The highest BCUT2D eigenvalue weighted by atomic mass is 32.5. The van der Waals surface area contributed by atoms with Crippen molar-refractivity contribution in [3.63, 3.8) is 0 Å². The van der Waals surface area contributed by atoms with E-state index in [9.17, 15) is 19.4 Å². The molecule has 0 aromatic heterocycles. The molecule has 0 amide bonds. The molecule has 2 nitrogen and oxygen atoms in total. The van der Waals surface area contributed by atoms with E-state index in [1.165, 1.54) is 0 Å². The van der Waals surface area contributed by atoms with Gasteiger partial charge < -0.3 is 9.80 Å². The molecule has 0 spiro atoms. The van der Waals surface area contributed by atoms with Gasteiger partial charge in [0.15, 0.2) is 0 Å². The van der Waals surface area contributed by atoms with Gasteiger partial charge >= 0.3 is 10.2 Å². The Labute approximate surface area is 108 Å². The van der Waals surface area contributed by atoms with Crippen LogP contribution in [0.5, 0.6) is 0 Å². The number of nitrogens with zero attached hydrogens (tertiary/aromatic N) is 2. The van der Waals surface area contributed by atoms with E-state index in [4.69, 9.17) is 0 Å². The molecule has 0 N–H and O–H groups in total. The van der Waals surface area contributed by atoms with Crippen LogP contribution in [0.2, 0.25) is 0 Å². The van der Waals surface area contributed by atoms with E-state index in [1.54, 1.807) is 0 Å². The van der Waals surface area contributed by atoms with E-state index < -0.39 is 15.1 Å². The Hall–Kier alpha value is -1.02. The first-order valence-corrected chi connectivity index (χ1v) is 7.68. The van der Waals surface area contributed by atoms with E-state index in [0.29, 0.717) is 30.9 Å². The molecular formula is C11H15F5N2S. The standard InChI is InChI=1S/C11H15F5N2S/c1-17-6-8-18(9-7-17)10-2-4-11(5-3-10)19(12,13,14,15)16/h2-5H,6-9H2,1H3. The molecular weight excluding hydrogens is 287 g/mol. The van der Waals surface area contributed by atoms with Crippen LogP contribution in [-0.4, -0.2) is 38.1 Å². The summed E-state index contributed by atoms with van der Waals surface area (Å²) in [7, 11) is -7.59. The lowest BCUT2D eigenvalue weighted by Crippen LogP contribution is -2.44. The van der Waals surface area contributed by atoms with Crippen LogP contribution in [0.15, 0.2) is 29.2 Å². The second-order valence-corrected chi connectivity index (χ2v) is 7.16. The molecule has 8 heteroatoms. The van der Waals surface area contributed by atoms with Crippen molar-refractivity contribution in [1.82, 2.24) is 4.90 Å². The summed E-state index contributed by atoms with van der Waals surface area (Å²) < 4.78 is 62.8. The molecule has 1 aliphatic rings. The molecule has 1 aromatic carbocycles. The van der Waals surface area contributed by atoms with Crippen molar-refractivity contribution in [2.75, 3.05) is 38.1 Å². The predicted molar refractivity (Wildman–Crippen MR) is 67.5 cm³/mol. The second kappa shape index (κ2) is 3.76. The molecule has 0 unspecified atom stereocenters. The molecule has 1 heterocycles. The molecule has 0 bridgehead atoms. The summed E-state index contributed by atoms with van der Waals surface area (Å²) >= 11 is 0. The molecule has 2 rings (SSSR count). The Kier molecular flexibility index (Phi) is 2.84. The average Bonchev–Trinajstić information content (AvgIpc) is 2.27. The summed E-state index contributed by atoms with van der Waals surface area (Å²) in [4.78, 5) is 2.15. The van der Waals surface area contributed by atoms with Crippen LogP contribution in [0.4, 0.5) is 25.1 Å². The van der Waals surface area contributed by atoms with Gasteiger partial charge in [0.2, 0.25) is 0 Å². The SMILES string of the molecule is CN1CCN(c2ccc(S(F)(F)(F)(F)F)cc2)CC1. The number of benzene rings is 1. The van der Waals surface area contributed by atoms with E-state index in [1.807, 2.05) is 11.9 Å². The highest BCUT2D eigenvalue weighted by Crippen LogP contribution is 3.02. The smallest absolute Gasteiger partial charge is 0.310 e. The van der Waals surface area contributed by atoms with Crippen molar-refractivity contribution in [2.45, 2.75) is 4.90 Å². The quantitative estimate of drug-likeness (QED) is 0.759. The topological polar surface area (TPSA) is 6.48 Å². The lowest BCUT2D eigenvalue weighted by molar-refractivity contribution is 0.313. The van der Waals surface area contributed by atoms with Crippen molar-refractivity contribution >= 4 is 15.9 Å². The third-order valence-electron chi connectivity index (χ3n) is 3.15. The minimum absolute atomic E-state index is 0.467.